The molecule has 7 heteroatoms. The second-order valence-electron chi connectivity index (χ2n) is 8.52. The summed E-state index contributed by atoms with van der Waals surface area (Å²) in [5, 5.41) is 3.59. The first-order chi connectivity index (χ1) is 16.6. The van der Waals surface area contributed by atoms with E-state index in [9.17, 15) is 9.59 Å². The van der Waals surface area contributed by atoms with Gasteiger partial charge in [0, 0.05) is 24.1 Å². The van der Waals surface area contributed by atoms with Crippen LogP contribution >= 0.6 is 0 Å². The minimum absolute atomic E-state index is 0.0473. The third-order valence-electron chi connectivity index (χ3n) is 6.00. The van der Waals surface area contributed by atoms with Gasteiger partial charge >= 0.3 is 0 Å². The lowest BCUT2D eigenvalue weighted by Gasteiger charge is -2.24. The number of nitrogens with zero attached hydrogens (tertiary/aromatic N) is 1. The van der Waals surface area contributed by atoms with Crippen LogP contribution in [-0.4, -0.2) is 36.0 Å². The number of nitrogens with one attached hydrogen (secondary N) is 1. The Balaban J connectivity index is 1.49. The number of fused-ring (bicyclic) bond motifs is 1. The van der Waals surface area contributed by atoms with E-state index in [0.717, 1.165) is 18.4 Å². The number of aryl methyl sites for hydroxylation is 1. The van der Waals surface area contributed by atoms with E-state index in [2.05, 4.69) is 5.32 Å². The van der Waals surface area contributed by atoms with Crippen molar-refractivity contribution < 1.29 is 23.2 Å². The van der Waals surface area contributed by atoms with Gasteiger partial charge in [-0.3, -0.25) is 9.59 Å². The van der Waals surface area contributed by atoms with Crippen LogP contribution in [-0.2, 0) is 11.3 Å². The summed E-state index contributed by atoms with van der Waals surface area (Å²) < 4.78 is 17.3. The lowest BCUT2D eigenvalue weighted by molar-refractivity contribution is 0.0471. The van der Waals surface area contributed by atoms with Crippen molar-refractivity contribution in [2.75, 3.05) is 18.5 Å². The zero-order valence-electron chi connectivity index (χ0n) is 19.0. The molecule has 2 aromatic heterocycles. The number of hydrogen-bond acceptors (Lipinski definition) is 5. The molecular weight excluding hydrogens is 432 g/mol. The predicted molar refractivity (Wildman–Crippen MR) is 128 cm³/mol. The molecule has 1 unspecified atom stereocenters. The Hall–Kier alpha value is -3.84. The van der Waals surface area contributed by atoms with E-state index >= 15 is 0 Å². The molecule has 0 aliphatic carbocycles. The lowest BCUT2D eigenvalue weighted by Crippen LogP contribution is -2.37. The Morgan fingerprint density at radius 3 is 2.62 bits per heavy atom. The average molecular weight is 459 g/mol. The number of anilines is 1. The molecule has 2 amide bonds. The molecule has 1 fully saturated rings. The zero-order valence-corrected chi connectivity index (χ0v) is 19.0. The van der Waals surface area contributed by atoms with Crippen LogP contribution in [0, 0.1) is 6.92 Å². The van der Waals surface area contributed by atoms with Crippen LogP contribution in [0.25, 0.3) is 11.0 Å². The van der Waals surface area contributed by atoms with Gasteiger partial charge in [-0.15, -0.1) is 0 Å². The first kappa shape index (κ1) is 22.0. The highest BCUT2D eigenvalue weighted by Crippen LogP contribution is 2.33. The van der Waals surface area contributed by atoms with E-state index in [1.54, 1.807) is 35.4 Å². The molecule has 4 aromatic rings. The normalized spacial score (nSPS) is 15.5. The van der Waals surface area contributed by atoms with Crippen molar-refractivity contribution in [1.29, 1.82) is 0 Å². The van der Waals surface area contributed by atoms with Gasteiger partial charge in [-0.1, -0.05) is 29.8 Å². The SMILES string of the molecule is Cc1ccc(C(=O)Nc2c(C(=O)N(Cc3ccco3)CC3CCCO3)oc3ccccc23)cc1. The second-order valence-corrected chi connectivity index (χ2v) is 8.52. The molecule has 1 aliphatic rings. The van der Waals surface area contributed by atoms with E-state index < -0.39 is 0 Å². The fourth-order valence-corrected chi connectivity index (χ4v) is 4.20. The molecule has 2 aromatic carbocycles. The summed E-state index contributed by atoms with van der Waals surface area (Å²) in [5.74, 6) is 0.110. The van der Waals surface area contributed by atoms with Crippen molar-refractivity contribution in [3.8, 4) is 0 Å². The highest BCUT2D eigenvalue weighted by Gasteiger charge is 2.30. The van der Waals surface area contributed by atoms with Gasteiger partial charge in [0.1, 0.15) is 17.0 Å². The first-order valence-corrected chi connectivity index (χ1v) is 11.4. The summed E-state index contributed by atoms with van der Waals surface area (Å²) >= 11 is 0. The summed E-state index contributed by atoms with van der Waals surface area (Å²) in [6, 6.07) is 18.2. The van der Waals surface area contributed by atoms with E-state index in [1.165, 1.54) is 0 Å². The molecule has 1 atom stereocenters. The molecule has 0 bridgehead atoms. The monoisotopic (exact) mass is 458 g/mol. The van der Waals surface area contributed by atoms with Crippen LogP contribution in [0.15, 0.2) is 75.8 Å². The molecule has 1 N–H and O–H groups in total. The maximum absolute atomic E-state index is 13.8. The second kappa shape index (κ2) is 9.57. The van der Waals surface area contributed by atoms with Crippen LogP contribution in [0.2, 0.25) is 0 Å². The maximum Gasteiger partial charge on any atom is 0.292 e. The van der Waals surface area contributed by atoms with Gasteiger partial charge in [0.2, 0.25) is 5.76 Å². The Morgan fingerprint density at radius 2 is 1.88 bits per heavy atom. The van der Waals surface area contributed by atoms with Gasteiger partial charge in [0.05, 0.1) is 18.9 Å². The van der Waals surface area contributed by atoms with Crippen molar-refractivity contribution in [2.24, 2.45) is 0 Å². The third-order valence-corrected chi connectivity index (χ3v) is 6.00. The number of rotatable bonds is 7. The number of benzene rings is 2. The molecule has 5 rings (SSSR count). The van der Waals surface area contributed by atoms with E-state index in [1.807, 2.05) is 43.3 Å². The Bertz CT molecular complexity index is 1280. The molecule has 174 valence electrons. The predicted octanol–water partition coefficient (Wildman–Crippen LogP) is 5.41. The summed E-state index contributed by atoms with van der Waals surface area (Å²) in [6.07, 6.45) is 3.39. The molecule has 3 heterocycles. The van der Waals surface area contributed by atoms with Gasteiger partial charge in [-0.2, -0.15) is 0 Å². The van der Waals surface area contributed by atoms with E-state index in [0.29, 0.717) is 41.1 Å². The molecule has 0 spiro atoms. The molecule has 1 saturated heterocycles. The smallest absolute Gasteiger partial charge is 0.292 e. The Kier molecular flexibility index (Phi) is 6.18. The summed E-state index contributed by atoms with van der Waals surface area (Å²) in [4.78, 5) is 28.5. The van der Waals surface area contributed by atoms with Gasteiger partial charge in [-0.25, -0.2) is 0 Å². The minimum atomic E-state index is -0.331. The van der Waals surface area contributed by atoms with Crippen molar-refractivity contribution in [1.82, 2.24) is 4.90 Å². The fraction of sp³-hybridized carbons (Fsp3) is 0.259. The van der Waals surface area contributed by atoms with Crippen molar-refractivity contribution in [3.63, 3.8) is 0 Å². The minimum Gasteiger partial charge on any atom is -0.467 e. The van der Waals surface area contributed by atoms with Gasteiger partial charge in [0.25, 0.3) is 11.8 Å². The molecule has 1 aliphatic heterocycles. The van der Waals surface area contributed by atoms with Crippen LogP contribution in [0.3, 0.4) is 0 Å². The Labute approximate surface area is 197 Å². The number of hydrogen-bond donors (Lipinski definition) is 1. The van der Waals surface area contributed by atoms with E-state index in [4.69, 9.17) is 13.6 Å². The Morgan fingerprint density at radius 1 is 1.06 bits per heavy atom. The fourth-order valence-electron chi connectivity index (χ4n) is 4.20. The third kappa shape index (κ3) is 4.61. The summed E-state index contributed by atoms with van der Waals surface area (Å²) in [7, 11) is 0. The van der Waals surface area contributed by atoms with Crippen LogP contribution in [0.4, 0.5) is 5.69 Å². The number of carbonyl (C=O) groups is 2. The number of para-hydroxylation sites is 1. The molecule has 34 heavy (non-hydrogen) atoms. The lowest BCUT2D eigenvalue weighted by atomic mass is 10.1. The number of amides is 2. The number of furan rings is 2. The quantitative estimate of drug-likeness (QED) is 0.400. The van der Waals surface area contributed by atoms with Gasteiger partial charge in [0.15, 0.2) is 0 Å². The highest BCUT2D eigenvalue weighted by atomic mass is 16.5. The summed E-state index contributed by atoms with van der Waals surface area (Å²) in [5.41, 5.74) is 2.45. The van der Waals surface area contributed by atoms with Crippen molar-refractivity contribution in [2.45, 2.75) is 32.4 Å². The van der Waals surface area contributed by atoms with E-state index in [-0.39, 0.29) is 30.2 Å². The topological polar surface area (TPSA) is 84.9 Å². The molecule has 0 saturated carbocycles. The van der Waals surface area contributed by atoms with Crippen molar-refractivity contribution in [3.05, 3.63) is 89.6 Å². The zero-order chi connectivity index (χ0) is 23.5. The van der Waals surface area contributed by atoms with Crippen LogP contribution in [0.1, 0.15) is 45.1 Å². The van der Waals surface area contributed by atoms with Crippen molar-refractivity contribution >= 4 is 28.5 Å². The largest absolute Gasteiger partial charge is 0.467 e. The van der Waals surface area contributed by atoms with Gasteiger partial charge < -0.3 is 23.8 Å². The first-order valence-electron chi connectivity index (χ1n) is 11.4. The standard InChI is InChI=1S/C27H26N2O5/c1-18-10-12-19(13-11-18)26(30)28-24-22-8-2-3-9-23(22)34-25(24)27(31)29(16-20-6-4-14-32-20)17-21-7-5-15-33-21/h2-4,6,8-14,21H,5,7,15-17H2,1H3,(H,28,30). The van der Waals surface area contributed by atoms with Crippen LogP contribution < -0.4 is 5.32 Å². The van der Waals surface area contributed by atoms with Crippen LogP contribution in [0.5, 0.6) is 0 Å². The molecule has 7 nitrogen and oxygen atoms in total. The average Bonchev–Trinajstić information content (AvgIpc) is 3.61. The maximum atomic E-state index is 13.8. The number of carbonyl (C=O) groups excluding carboxylic acids is 2. The summed E-state index contributed by atoms with van der Waals surface area (Å²) in [6.45, 7) is 3.33. The molecule has 0 radical (unpaired) electrons. The number of ether oxygens (including phenoxy) is 1. The molecular formula is C27H26N2O5. The highest BCUT2D eigenvalue weighted by molar-refractivity contribution is 6.14. The van der Waals surface area contributed by atoms with Gasteiger partial charge in [-0.05, 0) is 56.2 Å².